The quantitative estimate of drug-likeness (QED) is 0.799. The molecule has 4 nitrogen and oxygen atoms in total. The molecule has 144 valence electrons. The summed E-state index contributed by atoms with van der Waals surface area (Å²) in [7, 11) is 0. The van der Waals surface area contributed by atoms with Crippen LogP contribution in [0, 0.1) is 19.7 Å². The third kappa shape index (κ3) is 4.41. The molecule has 0 bridgehead atoms. The number of rotatable bonds is 5. The maximum absolute atomic E-state index is 13.1. The second-order valence-electron chi connectivity index (χ2n) is 7.00. The molecule has 3 rings (SSSR count). The van der Waals surface area contributed by atoms with Gasteiger partial charge in [0.15, 0.2) is 6.10 Å². The summed E-state index contributed by atoms with van der Waals surface area (Å²) in [5.41, 5.74) is 3.22. The van der Waals surface area contributed by atoms with Crippen LogP contribution in [0.1, 0.15) is 24.5 Å². The van der Waals surface area contributed by atoms with Crippen LogP contribution in [0.25, 0.3) is 0 Å². The average Bonchev–Trinajstić information content (AvgIpc) is 2.69. The van der Waals surface area contributed by atoms with E-state index in [4.69, 9.17) is 4.74 Å². The van der Waals surface area contributed by atoms with Gasteiger partial charge in [-0.25, -0.2) is 4.39 Å². The van der Waals surface area contributed by atoms with Crippen molar-refractivity contribution in [2.75, 3.05) is 31.1 Å². The maximum atomic E-state index is 13.1. The third-order valence-electron chi connectivity index (χ3n) is 5.25. The predicted octanol–water partition coefficient (Wildman–Crippen LogP) is 3.95. The van der Waals surface area contributed by atoms with Gasteiger partial charge in [-0.1, -0.05) is 19.1 Å². The van der Waals surface area contributed by atoms with Gasteiger partial charge in [0, 0.05) is 31.9 Å². The van der Waals surface area contributed by atoms with Crippen LogP contribution in [0.2, 0.25) is 0 Å². The number of carbonyl (C=O) groups is 1. The van der Waals surface area contributed by atoms with Crippen LogP contribution in [-0.2, 0) is 4.79 Å². The topological polar surface area (TPSA) is 32.8 Å². The average molecular weight is 370 g/mol. The van der Waals surface area contributed by atoms with Crippen molar-refractivity contribution >= 4 is 11.6 Å². The van der Waals surface area contributed by atoms with Crippen LogP contribution < -0.4 is 9.64 Å². The van der Waals surface area contributed by atoms with E-state index in [1.165, 1.54) is 12.1 Å². The molecular formula is C22H27FN2O2. The number of aryl methyl sites for hydroxylation is 1. The zero-order valence-corrected chi connectivity index (χ0v) is 16.2. The zero-order chi connectivity index (χ0) is 19.4. The highest BCUT2D eigenvalue weighted by Crippen LogP contribution is 2.24. The molecule has 2 aromatic carbocycles. The number of ether oxygens (including phenoxy) is 1. The van der Waals surface area contributed by atoms with E-state index in [1.807, 2.05) is 43.9 Å². The summed E-state index contributed by atoms with van der Waals surface area (Å²) in [6.07, 6.45) is 0.160. The molecule has 1 amide bonds. The largest absolute Gasteiger partial charge is 0.480 e. The number of anilines is 1. The lowest BCUT2D eigenvalue weighted by Gasteiger charge is -2.37. The second kappa shape index (κ2) is 8.42. The molecule has 1 atom stereocenters. The Bertz CT molecular complexity index is 783. The molecule has 1 saturated heterocycles. The SMILES string of the molecule is CC[C@@H](Oc1cccc(C)c1C)C(=O)N1CCN(c2ccc(F)cc2)CC1. The van der Waals surface area contributed by atoms with Crippen molar-refractivity contribution in [3.05, 3.63) is 59.4 Å². The Morgan fingerprint density at radius 3 is 2.37 bits per heavy atom. The fraction of sp³-hybridized carbons (Fsp3) is 0.409. The summed E-state index contributed by atoms with van der Waals surface area (Å²) < 4.78 is 19.2. The third-order valence-corrected chi connectivity index (χ3v) is 5.25. The monoisotopic (exact) mass is 370 g/mol. The number of hydrogen-bond donors (Lipinski definition) is 0. The smallest absolute Gasteiger partial charge is 0.263 e. The van der Waals surface area contributed by atoms with Crippen LogP contribution in [0.3, 0.4) is 0 Å². The van der Waals surface area contributed by atoms with E-state index in [9.17, 15) is 9.18 Å². The van der Waals surface area contributed by atoms with E-state index in [1.54, 1.807) is 12.1 Å². The molecule has 1 aliphatic rings. The summed E-state index contributed by atoms with van der Waals surface area (Å²) >= 11 is 0. The van der Waals surface area contributed by atoms with Crippen molar-refractivity contribution in [3.8, 4) is 5.75 Å². The second-order valence-corrected chi connectivity index (χ2v) is 7.00. The van der Waals surface area contributed by atoms with E-state index in [-0.39, 0.29) is 11.7 Å². The van der Waals surface area contributed by atoms with Crippen LogP contribution in [0.4, 0.5) is 10.1 Å². The lowest BCUT2D eigenvalue weighted by molar-refractivity contribution is -0.139. The van der Waals surface area contributed by atoms with Crippen molar-refractivity contribution in [2.24, 2.45) is 0 Å². The summed E-state index contributed by atoms with van der Waals surface area (Å²) in [6, 6.07) is 12.4. The van der Waals surface area contributed by atoms with Crippen molar-refractivity contribution in [1.82, 2.24) is 4.90 Å². The Morgan fingerprint density at radius 2 is 1.74 bits per heavy atom. The molecule has 0 saturated carbocycles. The zero-order valence-electron chi connectivity index (χ0n) is 16.2. The normalized spacial score (nSPS) is 15.6. The van der Waals surface area contributed by atoms with Crippen LogP contribution in [-0.4, -0.2) is 43.1 Å². The van der Waals surface area contributed by atoms with Gasteiger partial charge in [0.05, 0.1) is 0 Å². The molecular weight excluding hydrogens is 343 g/mol. The highest BCUT2D eigenvalue weighted by Gasteiger charge is 2.28. The molecule has 1 fully saturated rings. The van der Waals surface area contributed by atoms with Crippen molar-refractivity contribution < 1.29 is 13.9 Å². The van der Waals surface area contributed by atoms with Crippen molar-refractivity contribution in [2.45, 2.75) is 33.3 Å². The Balaban J connectivity index is 1.61. The first-order valence-electron chi connectivity index (χ1n) is 9.51. The van der Waals surface area contributed by atoms with Gasteiger partial charge in [0.1, 0.15) is 11.6 Å². The fourth-order valence-electron chi connectivity index (χ4n) is 3.35. The van der Waals surface area contributed by atoms with E-state index in [0.29, 0.717) is 19.5 Å². The van der Waals surface area contributed by atoms with E-state index in [2.05, 4.69) is 4.90 Å². The molecule has 5 heteroatoms. The number of halogens is 1. The molecule has 27 heavy (non-hydrogen) atoms. The van der Waals surface area contributed by atoms with Gasteiger partial charge < -0.3 is 14.5 Å². The highest BCUT2D eigenvalue weighted by atomic mass is 19.1. The minimum absolute atomic E-state index is 0.0390. The molecule has 1 aliphatic heterocycles. The molecule has 0 aliphatic carbocycles. The Kier molecular flexibility index (Phi) is 5.99. The Labute approximate surface area is 160 Å². The summed E-state index contributed by atoms with van der Waals surface area (Å²) in [4.78, 5) is 17.0. The number of piperazine rings is 1. The Morgan fingerprint density at radius 1 is 1.07 bits per heavy atom. The number of benzene rings is 2. The molecule has 0 unspecified atom stereocenters. The molecule has 0 aromatic heterocycles. The number of nitrogens with zero attached hydrogens (tertiary/aromatic N) is 2. The van der Waals surface area contributed by atoms with Crippen LogP contribution >= 0.6 is 0 Å². The number of hydrogen-bond acceptors (Lipinski definition) is 3. The molecule has 0 spiro atoms. The first kappa shape index (κ1) is 19.2. The van der Waals surface area contributed by atoms with Crippen LogP contribution in [0.5, 0.6) is 5.75 Å². The predicted molar refractivity (Wildman–Crippen MR) is 106 cm³/mol. The summed E-state index contributed by atoms with van der Waals surface area (Å²) in [5.74, 6) is 0.583. The standard InChI is InChI=1S/C22H27FN2O2/c1-4-20(27-21-7-5-6-16(2)17(21)3)22(26)25-14-12-24(13-15-25)19-10-8-18(23)9-11-19/h5-11,20H,4,12-15H2,1-3H3/t20-/m1/s1. The van der Waals surface area contributed by atoms with Gasteiger partial charge in [0.25, 0.3) is 5.91 Å². The number of amides is 1. The van der Waals surface area contributed by atoms with Gasteiger partial charge in [-0.3, -0.25) is 4.79 Å². The fourth-order valence-corrected chi connectivity index (χ4v) is 3.35. The lowest BCUT2D eigenvalue weighted by Crippen LogP contribution is -2.52. The van der Waals surface area contributed by atoms with E-state index >= 15 is 0 Å². The molecule has 2 aromatic rings. The molecule has 0 N–H and O–H groups in total. The Hall–Kier alpha value is -2.56. The van der Waals surface area contributed by atoms with E-state index < -0.39 is 6.10 Å². The molecule has 1 heterocycles. The number of carbonyl (C=O) groups excluding carboxylic acids is 1. The van der Waals surface area contributed by atoms with Crippen LogP contribution in [0.15, 0.2) is 42.5 Å². The van der Waals surface area contributed by atoms with Crippen molar-refractivity contribution in [1.29, 1.82) is 0 Å². The highest BCUT2D eigenvalue weighted by molar-refractivity contribution is 5.81. The van der Waals surface area contributed by atoms with E-state index in [0.717, 1.165) is 35.7 Å². The minimum atomic E-state index is -0.470. The van der Waals surface area contributed by atoms with Crippen molar-refractivity contribution in [3.63, 3.8) is 0 Å². The van der Waals surface area contributed by atoms with Gasteiger partial charge in [-0.2, -0.15) is 0 Å². The lowest BCUT2D eigenvalue weighted by atomic mass is 10.1. The summed E-state index contributed by atoms with van der Waals surface area (Å²) in [6.45, 7) is 8.78. The first-order valence-corrected chi connectivity index (χ1v) is 9.51. The summed E-state index contributed by atoms with van der Waals surface area (Å²) in [5, 5.41) is 0. The maximum Gasteiger partial charge on any atom is 0.263 e. The molecule has 0 radical (unpaired) electrons. The van der Waals surface area contributed by atoms with Gasteiger partial charge >= 0.3 is 0 Å². The first-order chi connectivity index (χ1) is 13.0. The minimum Gasteiger partial charge on any atom is -0.480 e. The van der Waals surface area contributed by atoms with Gasteiger partial charge in [0.2, 0.25) is 0 Å². The van der Waals surface area contributed by atoms with Gasteiger partial charge in [-0.05, 0) is 61.7 Å². The van der Waals surface area contributed by atoms with Gasteiger partial charge in [-0.15, -0.1) is 0 Å².